The molecule has 0 bridgehead atoms. The Bertz CT molecular complexity index is 1260. The Morgan fingerprint density at radius 3 is 2.49 bits per heavy atom. The smallest absolute Gasteiger partial charge is 0.407 e. The third kappa shape index (κ3) is 6.57. The van der Waals surface area contributed by atoms with E-state index in [0.717, 1.165) is 10.4 Å². The number of nitrogens with one attached hydrogen (secondary N) is 2. The van der Waals surface area contributed by atoms with Crippen LogP contribution in [0.3, 0.4) is 0 Å². The van der Waals surface area contributed by atoms with Crippen LogP contribution in [0.1, 0.15) is 71.8 Å². The van der Waals surface area contributed by atoms with Gasteiger partial charge in [0.05, 0.1) is 11.8 Å². The number of likely N-dealkylation sites (tertiary alicyclic amines) is 1. The van der Waals surface area contributed by atoms with Crippen molar-refractivity contribution in [2.24, 2.45) is 5.41 Å². The Kier molecular flexibility index (Phi) is 7.45. The van der Waals surface area contributed by atoms with Crippen LogP contribution in [0.4, 0.5) is 10.6 Å². The first-order valence-electron chi connectivity index (χ1n) is 12.7. The van der Waals surface area contributed by atoms with Gasteiger partial charge in [-0.25, -0.2) is 19.3 Å². The van der Waals surface area contributed by atoms with Gasteiger partial charge >= 0.3 is 6.09 Å². The molecule has 0 aliphatic carbocycles. The molecule has 0 spiro atoms. The maximum atomic E-state index is 13.6. The minimum absolute atomic E-state index is 0.00294. The van der Waals surface area contributed by atoms with Crippen molar-refractivity contribution in [3.05, 3.63) is 29.5 Å². The Morgan fingerprint density at radius 1 is 1.14 bits per heavy atom. The van der Waals surface area contributed by atoms with E-state index in [1.807, 2.05) is 32.3 Å². The molecule has 2 N–H and O–H groups in total. The van der Waals surface area contributed by atoms with Crippen LogP contribution in [0, 0.1) is 5.41 Å². The number of carbonyl (C=O) groups excluding carboxylic acids is 2. The van der Waals surface area contributed by atoms with Crippen LogP contribution in [0.5, 0.6) is 0 Å². The van der Waals surface area contributed by atoms with E-state index in [9.17, 15) is 9.59 Å². The van der Waals surface area contributed by atoms with E-state index in [1.165, 1.54) is 0 Å². The van der Waals surface area contributed by atoms with E-state index >= 15 is 0 Å². The van der Waals surface area contributed by atoms with Gasteiger partial charge in [-0.3, -0.25) is 4.79 Å². The second-order valence-corrected chi connectivity index (χ2v) is 12.5. The summed E-state index contributed by atoms with van der Waals surface area (Å²) in [7, 11) is 0. The maximum Gasteiger partial charge on any atom is 0.407 e. The van der Waals surface area contributed by atoms with Gasteiger partial charge < -0.3 is 20.3 Å². The Balaban J connectivity index is 1.53. The molecule has 3 aromatic heterocycles. The SMILES string of the molecule is CC(Nc1cc(C(=O)N2CCC(NC(=O)OC(C)(C)C)CC2)nc(-c2cnn3ccsc23)n1)C(C)(C)C. The molecule has 4 heterocycles. The zero-order valence-corrected chi connectivity index (χ0v) is 23.5. The van der Waals surface area contributed by atoms with Gasteiger partial charge in [0.15, 0.2) is 5.82 Å². The number of nitrogens with zero attached hydrogens (tertiary/aromatic N) is 5. The van der Waals surface area contributed by atoms with Gasteiger partial charge in [-0.05, 0) is 46.0 Å². The van der Waals surface area contributed by atoms with Gasteiger partial charge in [-0.2, -0.15) is 5.10 Å². The topological polar surface area (TPSA) is 114 Å². The average Bonchev–Trinajstić information content (AvgIpc) is 3.41. The maximum absolute atomic E-state index is 13.6. The van der Waals surface area contributed by atoms with Crippen molar-refractivity contribution in [2.75, 3.05) is 18.4 Å². The summed E-state index contributed by atoms with van der Waals surface area (Å²) in [4.78, 5) is 37.9. The quantitative estimate of drug-likeness (QED) is 0.489. The van der Waals surface area contributed by atoms with E-state index in [4.69, 9.17) is 9.72 Å². The number of aromatic nitrogens is 4. The first kappa shape index (κ1) is 26.8. The van der Waals surface area contributed by atoms with Gasteiger partial charge in [-0.15, -0.1) is 11.3 Å². The van der Waals surface area contributed by atoms with Gasteiger partial charge in [-0.1, -0.05) is 20.8 Å². The van der Waals surface area contributed by atoms with Crippen LogP contribution >= 0.6 is 11.3 Å². The van der Waals surface area contributed by atoms with E-state index < -0.39 is 11.7 Å². The molecule has 11 heteroatoms. The van der Waals surface area contributed by atoms with Crippen molar-refractivity contribution in [2.45, 2.75) is 79.0 Å². The summed E-state index contributed by atoms with van der Waals surface area (Å²) in [6.45, 7) is 15.1. The zero-order valence-electron chi connectivity index (χ0n) is 22.7. The molecular formula is C26H37N7O3S. The second kappa shape index (κ2) is 10.3. The highest BCUT2D eigenvalue weighted by Gasteiger charge is 2.28. The van der Waals surface area contributed by atoms with Crippen molar-refractivity contribution >= 4 is 34.0 Å². The van der Waals surface area contributed by atoms with Crippen molar-refractivity contribution in [1.29, 1.82) is 0 Å². The van der Waals surface area contributed by atoms with Crippen LogP contribution in [-0.4, -0.2) is 67.3 Å². The summed E-state index contributed by atoms with van der Waals surface area (Å²) in [5.41, 5.74) is 0.572. The number of amides is 2. The van der Waals surface area contributed by atoms with Gasteiger partial charge in [0, 0.05) is 42.8 Å². The summed E-state index contributed by atoms with van der Waals surface area (Å²) < 4.78 is 7.15. The monoisotopic (exact) mass is 527 g/mol. The first-order chi connectivity index (χ1) is 17.3. The van der Waals surface area contributed by atoms with E-state index in [1.54, 1.807) is 33.0 Å². The van der Waals surface area contributed by atoms with E-state index in [-0.39, 0.29) is 23.4 Å². The molecule has 1 aliphatic rings. The highest BCUT2D eigenvalue weighted by atomic mass is 32.1. The molecule has 37 heavy (non-hydrogen) atoms. The summed E-state index contributed by atoms with van der Waals surface area (Å²) in [5.74, 6) is 0.918. The minimum Gasteiger partial charge on any atom is -0.444 e. The lowest BCUT2D eigenvalue weighted by Gasteiger charge is -2.33. The molecule has 1 fully saturated rings. The number of thiazole rings is 1. The Hall–Kier alpha value is -3.21. The highest BCUT2D eigenvalue weighted by molar-refractivity contribution is 7.16. The fourth-order valence-corrected chi connectivity index (χ4v) is 4.73. The number of piperidine rings is 1. The average molecular weight is 528 g/mol. The van der Waals surface area contributed by atoms with Crippen molar-refractivity contribution in [3.8, 4) is 11.4 Å². The van der Waals surface area contributed by atoms with E-state index in [2.05, 4.69) is 48.4 Å². The molecule has 1 aliphatic heterocycles. The molecule has 1 atom stereocenters. The molecule has 1 saturated heterocycles. The molecule has 0 aromatic carbocycles. The predicted molar refractivity (Wildman–Crippen MR) is 145 cm³/mol. The molecular weight excluding hydrogens is 490 g/mol. The summed E-state index contributed by atoms with van der Waals surface area (Å²) in [5, 5.41) is 12.7. The molecule has 2 amide bonds. The third-order valence-corrected chi connectivity index (χ3v) is 7.37. The van der Waals surface area contributed by atoms with Crippen LogP contribution < -0.4 is 10.6 Å². The molecule has 4 rings (SSSR count). The molecule has 3 aromatic rings. The summed E-state index contributed by atoms with van der Waals surface area (Å²) in [6.07, 6.45) is 4.49. The van der Waals surface area contributed by atoms with Crippen LogP contribution in [-0.2, 0) is 4.74 Å². The predicted octanol–water partition coefficient (Wildman–Crippen LogP) is 4.83. The first-order valence-corrected chi connectivity index (χ1v) is 13.5. The molecule has 200 valence electrons. The number of hydrogen-bond donors (Lipinski definition) is 2. The molecule has 10 nitrogen and oxygen atoms in total. The lowest BCUT2D eigenvalue weighted by molar-refractivity contribution is 0.0473. The van der Waals surface area contributed by atoms with Crippen LogP contribution in [0.25, 0.3) is 16.2 Å². The standard InChI is InChI=1S/C26H37N7O3S/c1-16(25(2,3)4)28-20-14-19(30-21(31-20)18-15-27-33-12-13-37-23(18)33)22(34)32-10-8-17(9-11-32)29-24(35)36-26(5,6)7/h12-17H,8-11H2,1-7H3,(H,29,35)(H,28,30,31). The number of anilines is 1. The number of rotatable bonds is 5. The van der Waals surface area contributed by atoms with Gasteiger partial charge in [0.2, 0.25) is 0 Å². The largest absolute Gasteiger partial charge is 0.444 e. The molecule has 0 saturated carbocycles. The van der Waals surface area contributed by atoms with Crippen molar-refractivity contribution in [1.82, 2.24) is 29.8 Å². The lowest BCUT2D eigenvalue weighted by atomic mass is 9.88. The fourth-order valence-electron chi connectivity index (χ4n) is 3.93. The zero-order chi connectivity index (χ0) is 27.0. The minimum atomic E-state index is -0.549. The number of alkyl carbamates (subject to hydrolysis) is 1. The van der Waals surface area contributed by atoms with Crippen LogP contribution in [0.2, 0.25) is 0 Å². The van der Waals surface area contributed by atoms with Crippen molar-refractivity contribution < 1.29 is 14.3 Å². The third-order valence-electron chi connectivity index (χ3n) is 6.48. The lowest BCUT2D eigenvalue weighted by Crippen LogP contribution is -2.47. The molecule has 1 unspecified atom stereocenters. The summed E-state index contributed by atoms with van der Waals surface area (Å²) in [6, 6.07) is 1.81. The van der Waals surface area contributed by atoms with Gasteiger partial charge in [0.25, 0.3) is 5.91 Å². The second-order valence-electron chi connectivity index (χ2n) is 11.6. The van der Waals surface area contributed by atoms with E-state index in [0.29, 0.717) is 43.3 Å². The number of fused-ring (bicyclic) bond motifs is 1. The normalized spacial score (nSPS) is 16.0. The Morgan fingerprint density at radius 2 is 1.84 bits per heavy atom. The highest BCUT2D eigenvalue weighted by Crippen LogP contribution is 2.28. The van der Waals surface area contributed by atoms with Crippen LogP contribution in [0.15, 0.2) is 23.8 Å². The number of hydrogen-bond acceptors (Lipinski definition) is 8. The number of ether oxygens (including phenoxy) is 1. The molecule has 0 radical (unpaired) electrons. The fraction of sp³-hybridized carbons (Fsp3) is 0.577. The number of carbonyl (C=O) groups is 2. The van der Waals surface area contributed by atoms with Gasteiger partial charge in [0.1, 0.15) is 21.9 Å². The summed E-state index contributed by atoms with van der Waals surface area (Å²) >= 11 is 1.55. The van der Waals surface area contributed by atoms with Crippen molar-refractivity contribution in [3.63, 3.8) is 0 Å². The Labute approximate surface area is 221 Å².